The Kier molecular flexibility index (Phi) is 4.81. The van der Waals surface area contributed by atoms with Crippen LogP contribution in [0.15, 0.2) is 53.3 Å². The predicted molar refractivity (Wildman–Crippen MR) is 104 cm³/mol. The summed E-state index contributed by atoms with van der Waals surface area (Å²) in [7, 11) is 1.60. The fourth-order valence-corrected chi connectivity index (χ4v) is 3.81. The molecule has 3 aromatic rings. The van der Waals surface area contributed by atoms with Crippen LogP contribution in [0.25, 0.3) is 10.8 Å². The minimum atomic E-state index is -0.287. The molecule has 1 atom stereocenters. The number of nitrogens with one attached hydrogen (secondary N) is 1. The molecule has 1 unspecified atom stereocenters. The molecule has 1 saturated heterocycles. The number of nitrogens with zero attached hydrogens (tertiary/aromatic N) is 3. The lowest BCUT2D eigenvalue weighted by Gasteiger charge is -2.25. The van der Waals surface area contributed by atoms with Crippen molar-refractivity contribution in [3.8, 4) is 0 Å². The van der Waals surface area contributed by atoms with Crippen LogP contribution in [0.5, 0.6) is 0 Å². The Morgan fingerprint density at radius 3 is 2.64 bits per heavy atom. The highest BCUT2D eigenvalue weighted by molar-refractivity contribution is 5.84. The van der Waals surface area contributed by atoms with Gasteiger partial charge in [-0.3, -0.25) is 4.79 Å². The second-order valence-corrected chi connectivity index (χ2v) is 6.98. The second kappa shape index (κ2) is 7.42. The standard InChI is InChI=1S/C21H21FN4O2/c1-25-20(27)17-6-3-2-5-16(17)18(24-25)13-23-21(28)26-12-4-7-19(26)14-8-10-15(22)11-9-14/h2-3,5-6,8-11,19H,4,7,12-13H2,1H3,(H,23,28). The third-order valence-corrected chi connectivity index (χ3v) is 5.21. The van der Waals surface area contributed by atoms with Crippen LogP contribution in [-0.4, -0.2) is 27.3 Å². The Morgan fingerprint density at radius 2 is 1.89 bits per heavy atom. The molecule has 2 aromatic carbocycles. The molecule has 2 amide bonds. The molecule has 6 nitrogen and oxygen atoms in total. The molecule has 7 heteroatoms. The maximum Gasteiger partial charge on any atom is 0.318 e. The van der Waals surface area contributed by atoms with E-state index in [9.17, 15) is 14.0 Å². The number of aryl methyl sites for hydroxylation is 1. The maximum absolute atomic E-state index is 13.2. The first-order valence-corrected chi connectivity index (χ1v) is 9.29. The van der Waals surface area contributed by atoms with E-state index in [0.29, 0.717) is 17.6 Å². The molecule has 1 fully saturated rings. The summed E-state index contributed by atoms with van der Waals surface area (Å²) < 4.78 is 14.5. The molecule has 0 spiro atoms. The first-order chi connectivity index (χ1) is 13.5. The van der Waals surface area contributed by atoms with Crippen molar-refractivity contribution in [3.63, 3.8) is 0 Å². The van der Waals surface area contributed by atoms with Gasteiger partial charge in [-0.15, -0.1) is 0 Å². The number of amides is 2. The fraction of sp³-hybridized carbons (Fsp3) is 0.286. The van der Waals surface area contributed by atoms with Crippen molar-refractivity contribution in [1.82, 2.24) is 20.0 Å². The van der Waals surface area contributed by atoms with Gasteiger partial charge in [0.15, 0.2) is 0 Å². The van der Waals surface area contributed by atoms with Crippen LogP contribution in [-0.2, 0) is 13.6 Å². The molecular weight excluding hydrogens is 359 g/mol. The van der Waals surface area contributed by atoms with Gasteiger partial charge in [0.05, 0.1) is 23.7 Å². The van der Waals surface area contributed by atoms with Crippen molar-refractivity contribution >= 4 is 16.8 Å². The SMILES string of the molecule is Cn1nc(CNC(=O)N2CCCC2c2ccc(F)cc2)c2ccccc2c1=O. The zero-order chi connectivity index (χ0) is 19.7. The van der Waals surface area contributed by atoms with E-state index in [1.165, 1.54) is 16.8 Å². The van der Waals surface area contributed by atoms with Gasteiger partial charge in [0.25, 0.3) is 5.56 Å². The number of hydrogen-bond acceptors (Lipinski definition) is 3. The Hall–Kier alpha value is -3.22. The number of urea groups is 1. The predicted octanol–water partition coefficient (Wildman–Crippen LogP) is 3.12. The summed E-state index contributed by atoms with van der Waals surface area (Å²) in [6, 6.07) is 13.3. The first kappa shape index (κ1) is 18.2. The summed E-state index contributed by atoms with van der Waals surface area (Å²) in [5.41, 5.74) is 1.41. The second-order valence-electron chi connectivity index (χ2n) is 6.98. The minimum absolute atomic E-state index is 0.0644. The third-order valence-electron chi connectivity index (χ3n) is 5.21. The summed E-state index contributed by atoms with van der Waals surface area (Å²) in [5.74, 6) is -0.287. The topological polar surface area (TPSA) is 67.2 Å². The van der Waals surface area contributed by atoms with Crippen LogP contribution >= 0.6 is 0 Å². The van der Waals surface area contributed by atoms with Crippen molar-refractivity contribution in [2.24, 2.45) is 7.05 Å². The van der Waals surface area contributed by atoms with E-state index in [2.05, 4.69) is 10.4 Å². The minimum Gasteiger partial charge on any atom is -0.332 e. The van der Waals surface area contributed by atoms with Crippen molar-refractivity contribution in [3.05, 3.63) is 76.0 Å². The molecule has 0 radical (unpaired) electrons. The number of carbonyl (C=O) groups is 1. The first-order valence-electron chi connectivity index (χ1n) is 9.29. The molecule has 144 valence electrons. The van der Waals surface area contributed by atoms with Crippen molar-refractivity contribution in [2.75, 3.05) is 6.54 Å². The zero-order valence-corrected chi connectivity index (χ0v) is 15.6. The summed E-state index contributed by atoms with van der Waals surface area (Å²) in [6.45, 7) is 0.870. The van der Waals surface area contributed by atoms with E-state index < -0.39 is 0 Å². The molecule has 0 aliphatic carbocycles. The molecule has 0 bridgehead atoms. The van der Waals surface area contributed by atoms with E-state index >= 15 is 0 Å². The van der Waals surface area contributed by atoms with Crippen LogP contribution in [0.1, 0.15) is 30.1 Å². The van der Waals surface area contributed by atoms with E-state index in [4.69, 9.17) is 0 Å². The average Bonchev–Trinajstić information content (AvgIpc) is 3.20. The normalized spacial score (nSPS) is 16.5. The van der Waals surface area contributed by atoms with Crippen molar-refractivity contribution in [1.29, 1.82) is 0 Å². The van der Waals surface area contributed by atoms with Gasteiger partial charge in [-0.2, -0.15) is 5.10 Å². The van der Waals surface area contributed by atoms with Crippen LogP contribution in [0.4, 0.5) is 9.18 Å². The number of benzene rings is 2. The summed E-state index contributed by atoms with van der Waals surface area (Å²) in [6.07, 6.45) is 1.75. The average molecular weight is 380 g/mol. The third kappa shape index (κ3) is 3.35. The molecule has 1 aliphatic heterocycles. The van der Waals surface area contributed by atoms with Gasteiger partial charge in [-0.1, -0.05) is 30.3 Å². The van der Waals surface area contributed by atoms with E-state index in [-0.39, 0.29) is 30.0 Å². The highest BCUT2D eigenvalue weighted by atomic mass is 19.1. The van der Waals surface area contributed by atoms with Crippen LogP contribution in [0, 0.1) is 5.82 Å². The van der Waals surface area contributed by atoms with E-state index in [1.807, 2.05) is 18.2 Å². The lowest BCUT2D eigenvalue weighted by Crippen LogP contribution is -2.39. The quantitative estimate of drug-likeness (QED) is 0.759. The number of likely N-dealkylation sites (tertiary alicyclic amines) is 1. The Bertz CT molecular complexity index is 1080. The largest absolute Gasteiger partial charge is 0.332 e. The van der Waals surface area contributed by atoms with Crippen LogP contribution < -0.4 is 10.9 Å². The summed E-state index contributed by atoms with van der Waals surface area (Å²) in [5, 5.41) is 8.56. The van der Waals surface area contributed by atoms with Gasteiger partial charge in [0.2, 0.25) is 0 Å². The smallest absolute Gasteiger partial charge is 0.318 e. The summed E-state index contributed by atoms with van der Waals surface area (Å²) in [4.78, 5) is 26.8. The molecule has 4 rings (SSSR count). The lowest BCUT2D eigenvalue weighted by atomic mass is 10.0. The van der Waals surface area contributed by atoms with Crippen LogP contribution in [0.2, 0.25) is 0 Å². The Balaban J connectivity index is 1.53. The molecule has 28 heavy (non-hydrogen) atoms. The number of halogens is 1. The highest BCUT2D eigenvalue weighted by Crippen LogP contribution is 2.31. The number of hydrogen-bond donors (Lipinski definition) is 1. The molecule has 1 aliphatic rings. The molecule has 1 aromatic heterocycles. The van der Waals surface area contributed by atoms with Crippen molar-refractivity contribution < 1.29 is 9.18 Å². The van der Waals surface area contributed by atoms with Crippen molar-refractivity contribution in [2.45, 2.75) is 25.4 Å². The highest BCUT2D eigenvalue weighted by Gasteiger charge is 2.30. The number of carbonyl (C=O) groups excluding carboxylic acids is 1. The van der Waals surface area contributed by atoms with Gasteiger partial charge in [-0.05, 0) is 36.6 Å². The number of aromatic nitrogens is 2. The monoisotopic (exact) mass is 380 g/mol. The van der Waals surface area contributed by atoms with E-state index in [1.54, 1.807) is 30.1 Å². The van der Waals surface area contributed by atoms with Gasteiger partial charge in [0, 0.05) is 19.0 Å². The fourth-order valence-electron chi connectivity index (χ4n) is 3.81. The van der Waals surface area contributed by atoms with Gasteiger partial charge < -0.3 is 10.2 Å². The summed E-state index contributed by atoms with van der Waals surface area (Å²) >= 11 is 0. The zero-order valence-electron chi connectivity index (χ0n) is 15.6. The maximum atomic E-state index is 13.2. The number of fused-ring (bicyclic) bond motifs is 1. The molecule has 1 N–H and O–H groups in total. The van der Waals surface area contributed by atoms with Crippen LogP contribution in [0.3, 0.4) is 0 Å². The Morgan fingerprint density at radius 1 is 1.18 bits per heavy atom. The van der Waals surface area contributed by atoms with Gasteiger partial charge >= 0.3 is 6.03 Å². The number of rotatable bonds is 3. The van der Waals surface area contributed by atoms with Gasteiger partial charge in [-0.25, -0.2) is 13.9 Å². The van der Waals surface area contributed by atoms with E-state index in [0.717, 1.165) is 23.8 Å². The lowest BCUT2D eigenvalue weighted by molar-refractivity contribution is 0.192. The molecule has 2 heterocycles. The van der Waals surface area contributed by atoms with Gasteiger partial charge in [0.1, 0.15) is 5.82 Å². The molecular formula is C21H21FN4O2. The molecule has 0 saturated carbocycles. The Labute approximate surface area is 161 Å².